The van der Waals surface area contributed by atoms with Crippen molar-refractivity contribution in [1.82, 2.24) is 0 Å². The molecule has 30 valence electrons. The van der Waals surface area contributed by atoms with E-state index >= 15 is 0 Å². The highest BCUT2D eigenvalue weighted by Crippen LogP contribution is 2.34. The molecule has 1 saturated heterocycles. The zero-order chi connectivity index (χ0) is 4.41. The highest BCUT2D eigenvalue weighted by molar-refractivity contribution is 8.11. The van der Waals surface area contributed by atoms with E-state index in [1.807, 2.05) is 6.07 Å². The van der Waals surface area contributed by atoms with Crippen LogP contribution in [0.15, 0.2) is 11.0 Å². The Morgan fingerprint density at radius 1 is 2.00 bits per heavy atom. The minimum atomic E-state index is 1.08. The maximum Gasteiger partial charge on any atom is 0.0920 e. The summed E-state index contributed by atoms with van der Waals surface area (Å²) in [5.41, 5.74) is 0. The molecule has 0 atom stereocenters. The standard InChI is InChI=1S/C4H3NS/c5-2-1-4-3-6-4/h1H,3H2. The lowest BCUT2D eigenvalue weighted by molar-refractivity contribution is 1.53. The average Bonchev–Trinajstić information content (AvgIpc) is 2.21. The van der Waals surface area contributed by atoms with Crippen molar-refractivity contribution in [3.63, 3.8) is 0 Å². The Hall–Kier alpha value is -0.420. The molecule has 0 amide bonds. The number of hydrogen-bond acceptors (Lipinski definition) is 2. The molecule has 0 N–H and O–H groups in total. The van der Waals surface area contributed by atoms with Gasteiger partial charge in [-0.25, -0.2) is 0 Å². The lowest BCUT2D eigenvalue weighted by Crippen LogP contribution is -1.41. The summed E-state index contributed by atoms with van der Waals surface area (Å²) in [6.07, 6.45) is 1.59. The van der Waals surface area contributed by atoms with Gasteiger partial charge in [0, 0.05) is 16.7 Å². The van der Waals surface area contributed by atoms with Crippen LogP contribution in [0.3, 0.4) is 0 Å². The highest BCUT2D eigenvalue weighted by atomic mass is 32.2. The molecule has 1 rings (SSSR count). The van der Waals surface area contributed by atoms with E-state index in [4.69, 9.17) is 5.26 Å². The van der Waals surface area contributed by atoms with Crippen LogP contribution in [0.4, 0.5) is 0 Å². The van der Waals surface area contributed by atoms with Crippen LogP contribution in [0.5, 0.6) is 0 Å². The molecular formula is C4H3NS. The maximum absolute atomic E-state index is 7.94. The lowest BCUT2D eigenvalue weighted by atomic mass is 10.6. The van der Waals surface area contributed by atoms with E-state index in [9.17, 15) is 0 Å². The molecule has 0 aromatic heterocycles. The number of hydrogen-bond donors (Lipinski definition) is 0. The summed E-state index contributed by atoms with van der Waals surface area (Å²) >= 11 is 1.73. The normalized spacial score (nSPS) is 23.5. The summed E-state index contributed by atoms with van der Waals surface area (Å²) in [5, 5.41) is 7.94. The molecule has 0 spiro atoms. The van der Waals surface area contributed by atoms with Crippen LogP contribution in [0.2, 0.25) is 0 Å². The zero-order valence-corrected chi connectivity index (χ0v) is 3.96. The number of thioether (sulfide) groups is 1. The summed E-state index contributed by atoms with van der Waals surface area (Å²) in [5.74, 6) is 1.08. The summed E-state index contributed by atoms with van der Waals surface area (Å²) in [7, 11) is 0. The third-order valence-electron chi connectivity index (χ3n) is 0.537. The summed E-state index contributed by atoms with van der Waals surface area (Å²) in [6, 6.07) is 1.95. The fourth-order valence-electron chi connectivity index (χ4n) is 0.197. The van der Waals surface area contributed by atoms with Crippen molar-refractivity contribution in [3.05, 3.63) is 11.0 Å². The smallest absolute Gasteiger partial charge is 0.0920 e. The van der Waals surface area contributed by atoms with E-state index in [0.717, 1.165) is 5.75 Å². The van der Waals surface area contributed by atoms with Gasteiger partial charge in [0.1, 0.15) is 0 Å². The van der Waals surface area contributed by atoms with Crippen molar-refractivity contribution < 1.29 is 0 Å². The number of allylic oxidation sites excluding steroid dienone is 1. The summed E-state index contributed by atoms with van der Waals surface area (Å²) < 4.78 is 0. The molecule has 0 unspecified atom stereocenters. The Labute approximate surface area is 40.7 Å². The summed E-state index contributed by atoms with van der Waals surface area (Å²) in [4.78, 5) is 1.22. The predicted molar refractivity (Wildman–Crippen MR) is 26.2 cm³/mol. The van der Waals surface area contributed by atoms with Crippen molar-refractivity contribution in [2.24, 2.45) is 0 Å². The highest BCUT2D eigenvalue weighted by Gasteiger charge is 2.09. The van der Waals surface area contributed by atoms with Crippen LogP contribution in [0.25, 0.3) is 0 Å². The number of rotatable bonds is 0. The van der Waals surface area contributed by atoms with Crippen LogP contribution in [0.1, 0.15) is 0 Å². The fourth-order valence-corrected chi connectivity index (χ4v) is 0.500. The first kappa shape index (κ1) is 3.76. The van der Waals surface area contributed by atoms with Gasteiger partial charge in [-0.15, -0.1) is 11.8 Å². The second-order valence-electron chi connectivity index (χ2n) is 1.03. The van der Waals surface area contributed by atoms with E-state index in [0.29, 0.717) is 0 Å². The molecule has 0 saturated carbocycles. The maximum atomic E-state index is 7.94. The van der Waals surface area contributed by atoms with Gasteiger partial charge in [-0.05, 0) is 0 Å². The quantitative estimate of drug-likeness (QED) is 0.334. The SMILES string of the molecule is N#CC=C1CS1. The third kappa shape index (κ3) is 0.765. The second kappa shape index (κ2) is 1.36. The molecular weight excluding hydrogens is 94.1 g/mol. The Bertz CT molecular complexity index is 114. The van der Waals surface area contributed by atoms with Crippen LogP contribution in [0, 0.1) is 11.3 Å². The van der Waals surface area contributed by atoms with Crippen molar-refractivity contribution in [3.8, 4) is 6.07 Å². The number of nitriles is 1. The molecule has 0 aliphatic carbocycles. The second-order valence-corrected chi connectivity index (χ2v) is 2.13. The average molecular weight is 97.1 g/mol. The molecule has 1 aliphatic rings. The van der Waals surface area contributed by atoms with E-state index in [2.05, 4.69) is 0 Å². The minimum absolute atomic E-state index is 1.08. The van der Waals surface area contributed by atoms with Gasteiger partial charge >= 0.3 is 0 Å². The van der Waals surface area contributed by atoms with E-state index in [-0.39, 0.29) is 0 Å². The van der Waals surface area contributed by atoms with Gasteiger partial charge in [0.25, 0.3) is 0 Å². The van der Waals surface area contributed by atoms with Crippen LogP contribution >= 0.6 is 11.8 Å². The molecule has 1 fully saturated rings. The van der Waals surface area contributed by atoms with E-state index in [1.165, 1.54) is 4.91 Å². The molecule has 1 aliphatic heterocycles. The summed E-state index contributed by atoms with van der Waals surface area (Å²) in [6.45, 7) is 0. The molecule has 0 bridgehead atoms. The van der Waals surface area contributed by atoms with Gasteiger partial charge in [0.2, 0.25) is 0 Å². The molecule has 2 heteroatoms. The Morgan fingerprint density at radius 2 is 2.67 bits per heavy atom. The molecule has 1 heterocycles. The van der Waals surface area contributed by atoms with Crippen molar-refractivity contribution in [2.45, 2.75) is 0 Å². The van der Waals surface area contributed by atoms with Crippen molar-refractivity contribution >= 4 is 11.8 Å². The number of nitrogens with zero attached hydrogens (tertiary/aromatic N) is 1. The van der Waals surface area contributed by atoms with Crippen LogP contribution < -0.4 is 0 Å². The predicted octanol–water partition coefficient (Wildman–Crippen LogP) is 1.14. The van der Waals surface area contributed by atoms with Crippen molar-refractivity contribution in [1.29, 1.82) is 5.26 Å². The van der Waals surface area contributed by atoms with Gasteiger partial charge in [0.05, 0.1) is 6.07 Å². The third-order valence-corrected chi connectivity index (χ3v) is 1.28. The first-order valence-corrected chi connectivity index (χ1v) is 2.63. The lowest BCUT2D eigenvalue weighted by Gasteiger charge is -1.48. The van der Waals surface area contributed by atoms with Crippen LogP contribution in [-0.2, 0) is 0 Å². The van der Waals surface area contributed by atoms with Gasteiger partial charge in [-0.2, -0.15) is 5.26 Å². The first-order chi connectivity index (χ1) is 2.93. The minimum Gasteiger partial charge on any atom is -0.193 e. The zero-order valence-electron chi connectivity index (χ0n) is 3.14. The van der Waals surface area contributed by atoms with Gasteiger partial charge in [-0.3, -0.25) is 0 Å². The fraction of sp³-hybridized carbons (Fsp3) is 0.250. The Kier molecular flexibility index (Phi) is 0.849. The van der Waals surface area contributed by atoms with Crippen LogP contribution in [-0.4, -0.2) is 5.75 Å². The van der Waals surface area contributed by atoms with Gasteiger partial charge < -0.3 is 0 Å². The largest absolute Gasteiger partial charge is 0.193 e. The Morgan fingerprint density at radius 3 is 2.83 bits per heavy atom. The molecule has 0 radical (unpaired) electrons. The van der Waals surface area contributed by atoms with Crippen molar-refractivity contribution in [2.75, 3.05) is 5.75 Å². The van der Waals surface area contributed by atoms with E-state index in [1.54, 1.807) is 17.8 Å². The molecule has 1 nitrogen and oxygen atoms in total. The molecule has 0 aromatic carbocycles. The van der Waals surface area contributed by atoms with Gasteiger partial charge in [-0.1, -0.05) is 0 Å². The molecule has 0 aromatic rings. The topological polar surface area (TPSA) is 23.8 Å². The first-order valence-electron chi connectivity index (χ1n) is 1.65. The van der Waals surface area contributed by atoms with Gasteiger partial charge in [0.15, 0.2) is 0 Å². The van der Waals surface area contributed by atoms with E-state index < -0.39 is 0 Å². The monoisotopic (exact) mass is 97.0 g/mol. The molecule has 6 heavy (non-hydrogen) atoms. The Balaban J connectivity index is 2.49.